The van der Waals surface area contributed by atoms with Crippen molar-refractivity contribution >= 4 is 5.78 Å². The monoisotopic (exact) mass is 164 g/mol. The van der Waals surface area contributed by atoms with E-state index in [-0.39, 0.29) is 11.7 Å². The summed E-state index contributed by atoms with van der Waals surface area (Å²) in [5.74, 6) is 0.393. The molecule has 0 radical (unpaired) electrons. The molecule has 2 nitrogen and oxygen atoms in total. The summed E-state index contributed by atoms with van der Waals surface area (Å²) in [5, 5.41) is 0. The molecule has 1 aromatic rings. The first kappa shape index (κ1) is 8.91. The zero-order chi connectivity index (χ0) is 8.97. The standard InChI is InChI=1S/C10H14NO/c1-9(2)10(12)8-11-6-4-3-5-7-11/h3-7,9H,8H2,1-2H3/q+1. The second kappa shape index (κ2) is 4.00. The number of carbonyl (C=O) groups is 1. The van der Waals surface area contributed by atoms with Gasteiger partial charge in [-0.2, -0.15) is 4.57 Å². The van der Waals surface area contributed by atoms with E-state index in [0.717, 1.165) is 0 Å². The Hall–Kier alpha value is -1.18. The highest BCUT2D eigenvalue weighted by molar-refractivity contribution is 5.78. The van der Waals surface area contributed by atoms with E-state index in [9.17, 15) is 4.79 Å². The van der Waals surface area contributed by atoms with E-state index >= 15 is 0 Å². The van der Waals surface area contributed by atoms with Crippen LogP contribution in [-0.2, 0) is 11.3 Å². The molecule has 1 aromatic heterocycles. The Labute approximate surface area is 72.8 Å². The summed E-state index contributed by atoms with van der Waals surface area (Å²) >= 11 is 0. The van der Waals surface area contributed by atoms with Crippen LogP contribution in [0.3, 0.4) is 0 Å². The molecule has 0 saturated heterocycles. The molecular weight excluding hydrogens is 150 g/mol. The first-order valence-corrected chi connectivity index (χ1v) is 4.17. The number of Topliss-reactive ketones (excluding diaryl/α,β-unsaturated/α-hetero) is 1. The molecule has 1 heterocycles. The molecule has 0 N–H and O–H groups in total. The third-order valence-corrected chi connectivity index (χ3v) is 1.76. The van der Waals surface area contributed by atoms with E-state index in [1.165, 1.54) is 0 Å². The molecule has 12 heavy (non-hydrogen) atoms. The second-order valence-corrected chi connectivity index (χ2v) is 3.17. The third kappa shape index (κ3) is 2.46. The minimum absolute atomic E-state index is 0.123. The Morgan fingerprint density at radius 1 is 1.25 bits per heavy atom. The van der Waals surface area contributed by atoms with Crippen LogP contribution in [0.25, 0.3) is 0 Å². The van der Waals surface area contributed by atoms with Crippen molar-refractivity contribution in [2.75, 3.05) is 0 Å². The van der Waals surface area contributed by atoms with Crippen LogP contribution < -0.4 is 4.57 Å². The molecule has 1 rings (SSSR count). The van der Waals surface area contributed by atoms with Gasteiger partial charge in [0.2, 0.25) is 6.54 Å². The van der Waals surface area contributed by atoms with Gasteiger partial charge in [0.05, 0.1) is 0 Å². The van der Waals surface area contributed by atoms with Crippen molar-refractivity contribution in [3.63, 3.8) is 0 Å². The molecule has 0 spiro atoms. The van der Waals surface area contributed by atoms with Gasteiger partial charge in [0.15, 0.2) is 18.2 Å². The Morgan fingerprint density at radius 2 is 1.83 bits per heavy atom. The van der Waals surface area contributed by atoms with Gasteiger partial charge in [0.1, 0.15) is 0 Å². The Kier molecular flexibility index (Phi) is 2.97. The van der Waals surface area contributed by atoms with Gasteiger partial charge in [-0.3, -0.25) is 4.79 Å². The normalized spacial score (nSPS) is 10.2. The molecule has 0 aliphatic rings. The predicted octanol–water partition coefficient (Wildman–Crippen LogP) is 1.20. The Morgan fingerprint density at radius 3 is 2.33 bits per heavy atom. The molecule has 0 unspecified atom stereocenters. The average Bonchev–Trinajstić information content (AvgIpc) is 2.06. The predicted molar refractivity (Wildman–Crippen MR) is 46.5 cm³/mol. The number of hydrogen-bond donors (Lipinski definition) is 0. The second-order valence-electron chi connectivity index (χ2n) is 3.17. The Balaban J connectivity index is 2.59. The maximum atomic E-state index is 11.3. The number of ketones is 1. The minimum atomic E-state index is 0.123. The fraction of sp³-hybridized carbons (Fsp3) is 0.400. The van der Waals surface area contributed by atoms with Crippen molar-refractivity contribution in [1.29, 1.82) is 0 Å². The molecule has 0 saturated carbocycles. The molecule has 0 amide bonds. The van der Waals surface area contributed by atoms with Gasteiger partial charge < -0.3 is 0 Å². The van der Waals surface area contributed by atoms with Crippen molar-refractivity contribution in [1.82, 2.24) is 0 Å². The summed E-state index contributed by atoms with van der Waals surface area (Å²) in [5.41, 5.74) is 0. The SMILES string of the molecule is CC(C)C(=O)C[n+]1ccccc1. The van der Waals surface area contributed by atoms with Crippen LogP contribution >= 0.6 is 0 Å². The maximum Gasteiger partial charge on any atom is 0.206 e. The van der Waals surface area contributed by atoms with E-state index < -0.39 is 0 Å². The number of nitrogens with zero attached hydrogens (tertiary/aromatic N) is 1. The van der Waals surface area contributed by atoms with Crippen LogP contribution in [0.4, 0.5) is 0 Å². The van der Waals surface area contributed by atoms with Crippen LogP contribution in [0.5, 0.6) is 0 Å². The lowest BCUT2D eigenvalue weighted by Crippen LogP contribution is -2.38. The Bertz CT molecular complexity index is 254. The quantitative estimate of drug-likeness (QED) is 0.615. The largest absolute Gasteiger partial charge is 0.292 e. The van der Waals surface area contributed by atoms with E-state index in [2.05, 4.69) is 0 Å². The highest BCUT2D eigenvalue weighted by atomic mass is 16.1. The summed E-state index contributed by atoms with van der Waals surface area (Å²) in [6.45, 7) is 4.33. The minimum Gasteiger partial charge on any atom is -0.292 e. The van der Waals surface area contributed by atoms with Crippen molar-refractivity contribution in [3.8, 4) is 0 Å². The number of aromatic nitrogens is 1. The van der Waals surface area contributed by atoms with Crippen molar-refractivity contribution in [2.24, 2.45) is 5.92 Å². The van der Waals surface area contributed by atoms with Crippen molar-refractivity contribution in [3.05, 3.63) is 30.6 Å². The van der Waals surface area contributed by atoms with Crippen LogP contribution in [0, 0.1) is 5.92 Å². The zero-order valence-corrected chi connectivity index (χ0v) is 7.53. The molecule has 2 heteroatoms. The third-order valence-electron chi connectivity index (χ3n) is 1.76. The van der Waals surface area contributed by atoms with Crippen LogP contribution in [0.1, 0.15) is 13.8 Å². The van der Waals surface area contributed by atoms with Gasteiger partial charge in [-0.05, 0) is 0 Å². The van der Waals surface area contributed by atoms with Gasteiger partial charge >= 0.3 is 0 Å². The molecule has 0 atom stereocenters. The maximum absolute atomic E-state index is 11.3. The van der Waals surface area contributed by atoms with Gasteiger partial charge in [0.25, 0.3) is 0 Å². The zero-order valence-electron chi connectivity index (χ0n) is 7.53. The lowest BCUT2D eigenvalue weighted by molar-refractivity contribution is -0.684. The molecule has 64 valence electrons. The number of carbonyl (C=O) groups excluding carboxylic acids is 1. The summed E-state index contributed by atoms with van der Waals surface area (Å²) in [6.07, 6.45) is 3.81. The number of hydrogen-bond acceptors (Lipinski definition) is 1. The van der Waals surface area contributed by atoms with Crippen LogP contribution in [-0.4, -0.2) is 5.78 Å². The lowest BCUT2D eigenvalue weighted by atomic mass is 10.1. The molecule has 0 aromatic carbocycles. The van der Waals surface area contributed by atoms with Crippen LogP contribution in [0.2, 0.25) is 0 Å². The topological polar surface area (TPSA) is 20.9 Å². The van der Waals surface area contributed by atoms with E-state index in [1.807, 2.05) is 49.0 Å². The van der Waals surface area contributed by atoms with Crippen molar-refractivity contribution in [2.45, 2.75) is 20.4 Å². The highest BCUT2D eigenvalue weighted by Gasteiger charge is 2.11. The lowest BCUT2D eigenvalue weighted by Gasteiger charge is -1.98. The van der Waals surface area contributed by atoms with E-state index in [1.54, 1.807) is 0 Å². The molecule has 0 aliphatic carbocycles. The fourth-order valence-electron chi connectivity index (χ4n) is 0.902. The summed E-state index contributed by atoms with van der Waals surface area (Å²) in [6, 6.07) is 5.79. The van der Waals surface area contributed by atoms with E-state index in [4.69, 9.17) is 0 Å². The summed E-state index contributed by atoms with van der Waals surface area (Å²) in [4.78, 5) is 11.3. The van der Waals surface area contributed by atoms with Crippen LogP contribution in [0.15, 0.2) is 30.6 Å². The average molecular weight is 164 g/mol. The molecule has 0 bridgehead atoms. The number of rotatable bonds is 3. The molecule has 0 aliphatic heterocycles. The van der Waals surface area contributed by atoms with E-state index in [0.29, 0.717) is 6.54 Å². The molecular formula is C10H14NO+. The van der Waals surface area contributed by atoms with Gasteiger partial charge in [-0.1, -0.05) is 19.9 Å². The van der Waals surface area contributed by atoms with Gasteiger partial charge in [-0.15, -0.1) is 0 Å². The highest BCUT2D eigenvalue weighted by Crippen LogP contribution is 1.93. The number of pyridine rings is 1. The summed E-state index contributed by atoms with van der Waals surface area (Å²) < 4.78 is 1.89. The summed E-state index contributed by atoms with van der Waals surface area (Å²) in [7, 11) is 0. The smallest absolute Gasteiger partial charge is 0.206 e. The fourth-order valence-corrected chi connectivity index (χ4v) is 0.902. The first-order valence-electron chi connectivity index (χ1n) is 4.17. The first-order chi connectivity index (χ1) is 5.70. The van der Waals surface area contributed by atoms with Gasteiger partial charge in [0, 0.05) is 18.1 Å². The van der Waals surface area contributed by atoms with Gasteiger partial charge in [-0.25, -0.2) is 0 Å². The molecule has 0 fully saturated rings. The van der Waals surface area contributed by atoms with Crippen molar-refractivity contribution < 1.29 is 9.36 Å².